The zero-order valence-corrected chi connectivity index (χ0v) is 15.9. The van der Waals surface area contributed by atoms with E-state index in [0.29, 0.717) is 5.02 Å². The Bertz CT molecular complexity index is 889. The molecule has 0 atom stereocenters. The third-order valence-corrected chi connectivity index (χ3v) is 5.73. The molecule has 1 aromatic heterocycles. The average molecular weight is 400 g/mol. The van der Waals surface area contributed by atoms with Crippen LogP contribution in [0.25, 0.3) is 11.1 Å². The van der Waals surface area contributed by atoms with E-state index in [4.69, 9.17) is 21.2 Å². The molecule has 1 aliphatic rings. The zero-order valence-electron chi connectivity index (χ0n) is 14.3. The summed E-state index contributed by atoms with van der Waals surface area (Å²) in [5.41, 5.74) is 1.49. The van der Waals surface area contributed by atoms with Crippen molar-refractivity contribution in [1.29, 1.82) is 0 Å². The number of hydrogen-bond donors (Lipinski definition) is 2. The quantitative estimate of drug-likeness (QED) is 0.774. The van der Waals surface area contributed by atoms with Crippen LogP contribution in [-0.4, -0.2) is 31.1 Å². The van der Waals surface area contributed by atoms with Crippen molar-refractivity contribution in [2.24, 2.45) is 5.14 Å². The lowest BCUT2D eigenvalue weighted by molar-refractivity contribution is -0.122. The van der Waals surface area contributed by atoms with Gasteiger partial charge in [-0.3, -0.25) is 4.79 Å². The highest BCUT2D eigenvalue weighted by atomic mass is 35.5. The van der Waals surface area contributed by atoms with Crippen molar-refractivity contribution in [2.45, 2.75) is 50.5 Å². The second kappa shape index (κ2) is 7.94. The van der Waals surface area contributed by atoms with Crippen LogP contribution in [0.15, 0.2) is 22.6 Å². The van der Waals surface area contributed by atoms with Gasteiger partial charge in [0, 0.05) is 23.4 Å². The highest BCUT2D eigenvalue weighted by Gasteiger charge is 2.26. The molecule has 9 heteroatoms. The van der Waals surface area contributed by atoms with E-state index in [9.17, 15) is 13.2 Å². The molecule has 7 nitrogen and oxygen atoms in total. The molecule has 0 radical (unpaired) electrons. The van der Waals surface area contributed by atoms with Crippen LogP contribution >= 0.6 is 11.6 Å². The molecule has 1 amide bonds. The Morgan fingerprint density at radius 2 is 2.04 bits per heavy atom. The van der Waals surface area contributed by atoms with Crippen LogP contribution in [-0.2, 0) is 14.8 Å². The Labute approximate surface area is 157 Å². The fraction of sp³-hybridized carbons (Fsp3) is 0.529. The van der Waals surface area contributed by atoms with Crippen LogP contribution in [0, 0.1) is 0 Å². The number of sulfonamides is 1. The van der Waals surface area contributed by atoms with Crippen LogP contribution in [0.5, 0.6) is 0 Å². The lowest BCUT2D eigenvalue weighted by Gasteiger charge is -2.27. The van der Waals surface area contributed by atoms with Gasteiger partial charge in [0.25, 0.3) is 0 Å². The van der Waals surface area contributed by atoms with Crippen molar-refractivity contribution in [3.05, 3.63) is 29.1 Å². The van der Waals surface area contributed by atoms with Crippen molar-refractivity contribution in [1.82, 2.24) is 10.3 Å². The number of primary sulfonamides is 1. The Morgan fingerprint density at radius 3 is 2.73 bits per heavy atom. The van der Waals surface area contributed by atoms with Gasteiger partial charge in [-0.25, -0.2) is 18.5 Å². The van der Waals surface area contributed by atoms with Gasteiger partial charge in [-0.2, -0.15) is 0 Å². The molecule has 26 heavy (non-hydrogen) atoms. The molecule has 3 N–H and O–H groups in total. The average Bonchev–Trinajstić information content (AvgIpc) is 2.97. The SMILES string of the molecule is NS(=O)(=O)CCCC(=O)NC1CCC(c2nc3cc(Cl)ccc3o2)CC1. The maximum absolute atomic E-state index is 11.9. The summed E-state index contributed by atoms with van der Waals surface area (Å²) in [5.74, 6) is 0.653. The smallest absolute Gasteiger partial charge is 0.220 e. The number of carbonyl (C=O) groups excluding carboxylic acids is 1. The summed E-state index contributed by atoms with van der Waals surface area (Å²) in [6.45, 7) is 0. The number of nitrogens with zero attached hydrogens (tertiary/aromatic N) is 1. The Balaban J connectivity index is 1.48. The van der Waals surface area contributed by atoms with Crippen molar-refractivity contribution < 1.29 is 17.6 Å². The van der Waals surface area contributed by atoms with E-state index >= 15 is 0 Å². The molecule has 1 heterocycles. The molecule has 0 bridgehead atoms. The van der Waals surface area contributed by atoms with Gasteiger partial charge >= 0.3 is 0 Å². The van der Waals surface area contributed by atoms with E-state index < -0.39 is 10.0 Å². The number of hydrogen-bond acceptors (Lipinski definition) is 5. The number of oxazole rings is 1. The van der Waals surface area contributed by atoms with Crippen LogP contribution in [0.4, 0.5) is 0 Å². The molecule has 3 rings (SSSR count). The summed E-state index contributed by atoms with van der Waals surface area (Å²) in [6, 6.07) is 5.49. The van der Waals surface area contributed by atoms with Gasteiger partial charge in [0.2, 0.25) is 15.9 Å². The van der Waals surface area contributed by atoms with Gasteiger partial charge in [0.05, 0.1) is 5.75 Å². The number of amides is 1. The molecule has 1 saturated carbocycles. The fourth-order valence-corrected chi connectivity index (χ4v) is 4.02. The maximum atomic E-state index is 11.9. The minimum absolute atomic E-state index is 0.104. The van der Waals surface area contributed by atoms with E-state index in [1.54, 1.807) is 12.1 Å². The van der Waals surface area contributed by atoms with Gasteiger partial charge in [0.1, 0.15) is 5.52 Å². The minimum Gasteiger partial charge on any atom is -0.440 e. The number of nitrogens with two attached hydrogens (primary N) is 1. The van der Waals surface area contributed by atoms with Crippen LogP contribution in [0.1, 0.15) is 50.3 Å². The highest BCUT2D eigenvalue weighted by molar-refractivity contribution is 7.89. The van der Waals surface area contributed by atoms with Gasteiger partial charge in [-0.05, 0) is 50.3 Å². The third kappa shape index (κ3) is 5.18. The number of nitrogens with one attached hydrogen (secondary N) is 1. The first-order chi connectivity index (χ1) is 12.3. The second-order valence-electron chi connectivity index (χ2n) is 6.75. The fourth-order valence-electron chi connectivity index (χ4n) is 3.31. The third-order valence-electron chi connectivity index (χ3n) is 4.64. The first-order valence-electron chi connectivity index (χ1n) is 8.66. The topological polar surface area (TPSA) is 115 Å². The van der Waals surface area contributed by atoms with Gasteiger partial charge in [0.15, 0.2) is 11.5 Å². The molecule has 1 fully saturated rings. The largest absolute Gasteiger partial charge is 0.440 e. The monoisotopic (exact) mass is 399 g/mol. The first kappa shape index (κ1) is 19.1. The molecule has 0 saturated heterocycles. The Kier molecular flexibility index (Phi) is 5.84. The molecule has 1 aromatic carbocycles. The molecular weight excluding hydrogens is 378 g/mol. The zero-order chi connectivity index (χ0) is 18.7. The molecule has 0 unspecified atom stereocenters. The van der Waals surface area contributed by atoms with Gasteiger partial charge < -0.3 is 9.73 Å². The summed E-state index contributed by atoms with van der Waals surface area (Å²) in [4.78, 5) is 16.4. The molecule has 0 spiro atoms. The number of halogens is 1. The summed E-state index contributed by atoms with van der Waals surface area (Å²) in [5, 5.41) is 8.53. The first-order valence-corrected chi connectivity index (χ1v) is 10.8. The minimum atomic E-state index is -3.51. The molecule has 142 valence electrons. The van der Waals surface area contributed by atoms with Crippen molar-refractivity contribution in [2.75, 3.05) is 5.75 Å². The maximum Gasteiger partial charge on any atom is 0.220 e. The van der Waals surface area contributed by atoms with Gasteiger partial charge in [-0.1, -0.05) is 11.6 Å². The number of benzene rings is 1. The lowest BCUT2D eigenvalue weighted by atomic mass is 9.86. The summed E-state index contributed by atoms with van der Waals surface area (Å²) >= 11 is 5.98. The summed E-state index contributed by atoms with van der Waals surface area (Å²) in [6.07, 6.45) is 3.84. The summed E-state index contributed by atoms with van der Waals surface area (Å²) in [7, 11) is -3.51. The van der Waals surface area contributed by atoms with E-state index in [1.165, 1.54) is 0 Å². The molecule has 0 aliphatic heterocycles. The number of carbonyl (C=O) groups is 1. The summed E-state index contributed by atoms with van der Waals surface area (Å²) < 4.78 is 27.6. The molecule has 1 aliphatic carbocycles. The van der Waals surface area contributed by atoms with Crippen molar-refractivity contribution in [3.63, 3.8) is 0 Å². The van der Waals surface area contributed by atoms with Crippen LogP contribution in [0.3, 0.4) is 0 Å². The van der Waals surface area contributed by atoms with Crippen molar-refractivity contribution >= 4 is 38.6 Å². The lowest BCUT2D eigenvalue weighted by Crippen LogP contribution is -2.37. The molecule has 2 aromatic rings. The Hall–Kier alpha value is -1.64. The van der Waals surface area contributed by atoms with Gasteiger partial charge in [-0.15, -0.1) is 0 Å². The predicted octanol–water partition coefficient (Wildman–Crippen LogP) is 2.69. The normalized spacial score (nSPS) is 21.0. The van der Waals surface area contributed by atoms with E-state index in [1.807, 2.05) is 6.07 Å². The van der Waals surface area contributed by atoms with Crippen LogP contribution < -0.4 is 10.5 Å². The van der Waals surface area contributed by atoms with E-state index in [0.717, 1.165) is 42.7 Å². The number of aromatic nitrogens is 1. The molecular formula is C17H22ClN3O4S. The highest BCUT2D eigenvalue weighted by Crippen LogP contribution is 2.34. The van der Waals surface area contributed by atoms with E-state index in [2.05, 4.69) is 10.3 Å². The predicted molar refractivity (Wildman–Crippen MR) is 99.4 cm³/mol. The number of rotatable bonds is 6. The Morgan fingerprint density at radius 1 is 1.31 bits per heavy atom. The number of fused-ring (bicyclic) bond motifs is 1. The second-order valence-corrected chi connectivity index (χ2v) is 8.92. The van der Waals surface area contributed by atoms with E-state index in [-0.39, 0.29) is 36.5 Å². The van der Waals surface area contributed by atoms with Crippen molar-refractivity contribution in [3.8, 4) is 0 Å². The standard InChI is InChI=1S/C17H22ClN3O4S/c18-12-5-8-15-14(10-12)21-17(25-15)11-3-6-13(7-4-11)20-16(22)2-1-9-26(19,23)24/h5,8,10-11,13H,1-4,6-7,9H2,(H,20,22)(H2,19,23,24). The van der Waals surface area contributed by atoms with Crippen LogP contribution in [0.2, 0.25) is 5.02 Å².